The van der Waals surface area contributed by atoms with Crippen molar-refractivity contribution >= 4 is 39.5 Å². The van der Waals surface area contributed by atoms with Gasteiger partial charge in [-0.05, 0) is 42.3 Å². The molecule has 0 radical (unpaired) electrons. The van der Waals surface area contributed by atoms with Crippen molar-refractivity contribution in [2.75, 3.05) is 18.5 Å². The Labute approximate surface area is 160 Å². The first-order chi connectivity index (χ1) is 12.5. The largest absolute Gasteiger partial charge is 0.477 e. The molecule has 5 nitrogen and oxygen atoms in total. The van der Waals surface area contributed by atoms with Gasteiger partial charge in [0.25, 0.3) is 11.8 Å². The number of rotatable bonds is 3. The topological polar surface area (TPSA) is 58.6 Å². The maximum absolute atomic E-state index is 12.8. The van der Waals surface area contributed by atoms with Gasteiger partial charge in [-0.3, -0.25) is 9.59 Å². The maximum atomic E-state index is 12.8. The molecule has 1 N–H and O–H groups in total. The molecule has 3 rings (SSSR count). The highest BCUT2D eigenvalue weighted by atomic mass is 79.9. The van der Waals surface area contributed by atoms with E-state index in [4.69, 9.17) is 4.74 Å². The van der Waals surface area contributed by atoms with Crippen molar-refractivity contribution in [1.82, 2.24) is 5.32 Å². The number of amides is 2. The van der Waals surface area contributed by atoms with Crippen LogP contribution in [0, 0.1) is 6.92 Å². The smallest absolute Gasteiger partial charge is 0.262 e. The summed E-state index contributed by atoms with van der Waals surface area (Å²) in [6.07, 6.45) is 2.54. The summed E-state index contributed by atoms with van der Waals surface area (Å²) in [5.74, 6) is 0.0512. The molecule has 2 aromatic carbocycles. The zero-order valence-corrected chi connectivity index (χ0v) is 16.1. The van der Waals surface area contributed by atoms with Gasteiger partial charge in [-0.2, -0.15) is 0 Å². The minimum absolute atomic E-state index is 0.162. The SMILES string of the molecule is CNC(=O)C1CN(C(=O)/C=C/c2ccc(C)cc2Br)c2ccccc2O1. The predicted octanol–water partition coefficient (Wildman–Crippen LogP) is 3.31. The van der Waals surface area contributed by atoms with Crippen LogP contribution < -0.4 is 15.0 Å². The summed E-state index contributed by atoms with van der Waals surface area (Å²) in [6.45, 7) is 2.17. The van der Waals surface area contributed by atoms with Gasteiger partial charge >= 0.3 is 0 Å². The molecule has 134 valence electrons. The number of hydrogen-bond acceptors (Lipinski definition) is 3. The van der Waals surface area contributed by atoms with Crippen molar-refractivity contribution in [3.63, 3.8) is 0 Å². The number of anilines is 1. The minimum atomic E-state index is -0.738. The number of para-hydroxylation sites is 2. The van der Waals surface area contributed by atoms with Crippen molar-refractivity contribution in [1.29, 1.82) is 0 Å². The number of hydrogen-bond donors (Lipinski definition) is 1. The van der Waals surface area contributed by atoms with E-state index in [0.29, 0.717) is 11.4 Å². The molecule has 0 aliphatic carbocycles. The van der Waals surface area contributed by atoms with Gasteiger partial charge in [0, 0.05) is 17.6 Å². The number of aryl methyl sites for hydroxylation is 1. The van der Waals surface area contributed by atoms with E-state index >= 15 is 0 Å². The van der Waals surface area contributed by atoms with Crippen molar-refractivity contribution in [3.8, 4) is 5.75 Å². The number of fused-ring (bicyclic) bond motifs is 1. The molecule has 1 heterocycles. The number of nitrogens with one attached hydrogen (secondary N) is 1. The van der Waals surface area contributed by atoms with Crippen LogP contribution in [-0.4, -0.2) is 31.5 Å². The Morgan fingerprint density at radius 2 is 2.04 bits per heavy atom. The zero-order chi connectivity index (χ0) is 18.7. The van der Waals surface area contributed by atoms with Gasteiger partial charge in [-0.25, -0.2) is 0 Å². The van der Waals surface area contributed by atoms with E-state index in [0.717, 1.165) is 15.6 Å². The van der Waals surface area contributed by atoms with Crippen LogP contribution in [0.1, 0.15) is 11.1 Å². The Morgan fingerprint density at radius 3 is 2.77 bits per heavy atom. The Bertz CT molecular complexity index is 879. The summed E-state index contributed by atoms with van der Waals surface area (Å²) in [5.41, 5.74) is 2.70. The molecule has 0 fully saturated rings. The van der Waals surface area contributed by atoms with Crippen LogP contribution in [0.2, 0.25) is 0 Å². The summed E-state index contributed by atoms with van der Waals surface area (Å²) >= 11 is 3.51. The molecule has 1 unspecified atom stereocenters. The molecule has 26 heavy (non-hydrogen) atoms. The van der Waals surface area contributed by atoms with Crippen LogP contribution in [0.5, 0.6) is 5.75 Å². The lowest BCUT2D eigenvalue weighted by atomic mass is 10.1. The second-order valence-corrected chi connectivity index (χ2v) is 6.85. The van der Waals surface area contributed by atoms with Crippen molar-refractivity contribution in [2.45, 2.75) is 13.0 Å². The molecule has 0 saturated carbocycles. The second-order valence-electron chi connectivity index (χ2n) is 6.00. The van der Waals surface area contributed by atoms with Crippen molar-refractivity contribution in [2.24, 2.45) is 0 Å². The third kappa shape index (κ3) is 3.80. The first-order valence-corrected chi connectivity index (χ1v) is 9.02. The fourth-order valence-corrected chi connectivity index (χ4v) is 3.38. The van der Waals surface area contributed by atoms with Crippen LogP contribution in [0.4, 0.5) is 5.69 Å². The molecule has 0 saturated heterocycles. The maximum Gasteiger partial charge on any atom is 0.262 e. The molecule has 2 amide bonds. The van der Waals surface area contributed by atoms with Gasteiger partial charge in [-0.1, -0.05) is 40.2 Å². The lowest BCUT2D eigenvalue weighted by Gasteiger charge is -2.33. The number of halogens is 1. The van der Waals surface area contributed by atoms with Gasteiger partial charge in [0.2, 0.25) is 0 Å². The van der Waals surface area contributed by atoms with E-state index < -0.39 is 6.10 Å². The summed E-state index contributed by atoms with van der Waals surface area (Å²) in [5, 5.41) is 2.57. The van der Waals surface area contributed by atoms with E-state index in [9.17, 15) is 9.59 Å². The van der Waals surface area contributed by atoms with Crippen LogP contribution in [0.25, 0.3) is 6.08 Å². The highest BCUT2D eigenvalue weighted by molar-refractivity contribution is 9.10. The van der Waals surface area contributed by atoms with Gasteiger partial charge in [-0.15, -0.1) is 0 Å². The fraction of sp³-hybridized carbons (Fsp3) is 0.200. The van der Waals surface area contributed by atoms with Crippen LogP contribution >= 0.6 is 15.9 Å². The van der Waals surface area contributed by atoms with Gasteiger partial charge in [0.05, 0.1) is 12.2 Å². The molecule has 1 aliphatic rings. The Kier molecular flexibility index (Phi) is 5.42. The summed E-state index contributed by atoms with van der Waals surface area (Å²) < 4.78 is 6.65. The molecule has 1 aliphatic heterocycles. The number of carbonyl (C=O) groups is 2. The lowest BCUT2D eigenvalue weighted by molar-refractivity contribution is -0.127. The Hall–Kier alpha value is -2.60. The van der Waals surface area contributed by atoms with Gasteiger partial charge in [0.15, 0.2) is 6.10 Å². The number of benzene rings is 2. The molecule has 1 atom stereocenters. The zero-order valence-electron chi connectivity index (χ0n) is 14.5. The highest BCUT2D eigenvalue weighted by Gasteiger charge is 2.32. The number of ether oxygens (including phenoxy) is 1. The molecule has 0 spiro atoms. The number of nitrogens with zero attached hydrogens (tertiary/aromatic N) is 1. The van der Waals surface area contributed by atoms with Crippen LogP contribution in [0.3, 0.4) is 0 Å². The average Bonchev–Trinajstić information content (AvgIpc) is 2.65. The Balaban J connectivity index is 1.87. The summed E-state index contributed by atoms with van der Waals surface area (Å²) in [4.78, 5) is 26.4. The summed E-state index contributed by atoms with van der Waals surface area (Å²) in [6, 6.07) is 13.1. The lowest BCUT2D eigenvalue weighted by Crippen LogP contribution is -2.49. The van der Waals surface area contributed by atoms with Gasteiger partial charge in [0.1, 0.15) is 5.75 Å². The minimum Gasteiger partial charge on any atom is -0.477 e. The van der Waals surface area contributed by atoms with Gasteiger partial charge < -0.3 is 15.0 Å². The molecule has 0 aromatic heterocycles. The van der Waals surface area contributed by atoms with E-state index in [1.807, 2.05) is 43.3 Å². The van der Waals surface area contributed by atoms with E-state index in [1.165, 1.54) is 6.08 Å². The molecule has 0 bridgehead atoms. The third-order valence-electron chi connectivity index (χ3n) is 4.14. The average molecular weight is 415 g/mol. The van der Waals surface area contributed by atoms with E-state index in [1.54, 1.807) is 24.1 Å². The van der Waals surface area contributed by atoms with Crippen molar-refractivity contribution in [3.05, 3.63) is 64.1 Å². The molecule has 2 aromatic rings. The van der Waals surface area contributed by atoms with Crippen molar-refractivity contribution < 1.29 is 14.3 Å². The van der Waals surface area contributed by atoms with E-state index in [2.05, 4.69) is 21.2 Å². The monoisotopic (exact) mass is 414 g/mol. The summed E-state index contributed by atoms with van der Waals surface area (Å²) in [7, 11) is 1.55. The van der Waals surface area contributed by atoms with Crippen LogP contribution in [-0.2, 0) is 9.59 Å². The first-order valence-electron chi connectivity index (χ1n) is 8.22. The highest BCUT2D eigenvalue weighted by Crippen LogP contribution is 2.33. The third-order valence-corrected chi connectivity index (χ3v) is 4.83. The molecular weight excluding hydrogens is 396 g/mol. The molecule has 6 heteroatoms. The quantitative estimate of drug-likeness (QED) is 0.783. The fourth-order valence-electron chi connectivity index (χ4n) is 2.76. The van der Waals surface area contributed by atoms with E-state index in [-0.39, 0.29) is 18.4 Å². The normalized spacial score (nSPS) is 16.1. The van der Waals surface area contributed by atoms with Crippen LogP contribution in [0.15, 0.2) is 53.0 Å². The Morgan fingerprint density at radius 1 is 1.27 bits per heavy atom. The first kappa shape index (κ1) is 18.2. The second kappa shape index (κ2) is 7.74. The number of carbonyl (C=O) groups excluding carboxylic acids is 2. The predicted molar refractivity (Wildman–Crippen MR) is 105 cm³/mol. The molecular formula is C20H19BrN2O3. The standard InChI is InChI=1S/C20H19BrN2O3/c1-13-7-8-14(15(21)11-13)9-10-19(24)23-12-18(20(25)22-2)26-17-6-4-3-5-16(17)23/h3-11,18H,12H2,1-2H3,(H,22,25)/b10-9+. The number of likely N-dealkylation sites (N-methyl/N-ethyl adjacent to an activating group) is 1.